The summed E-state index contributed by atoms with van der Waals surface area (Å²) in [6.45, 7) is 1.99. The van der Waals surface area contributed by atoms with Crippen LogP contribution in [0.4, 0.5) is 10.5 Å². The van der Waals surface area contributed by atoms with E-state index in [2.05, 4.69) is 15.8 Å². The Balaban J connectivity index is 1.89. The standard InChI is InChI=1S/C19H19N3O4/c1-2-25-19(24)22-21-15(10-13-6-4-3-5-7-13)14-8-9-17-16(11-14)20-18(23)12-26-17/h3-9,11H,2,10,12H2,1H3,(H,20,23)(H,22,24)/b21-15+. The van der Waals surface area contributed by atoms with E-state index in [1.165, 1.54) is 0 Å². The van der Waals surface area contributed by atoms with Crippen molar-refractivity contribution in [3.05, 3.63) is 59.7 Å². The van der Waals surface area contributed by atoms with Crippen LogP contribution in [0.5, 0.6) is 5.75 Å². The number of hydrogen-bond acceptors (Lipinski definition) is 5. The molecule has 3 rings (SSSR count). The third kappa shape index (κ3) is 4.38. The second kappa shape index (κ2) is 8.15. The molecule has 1 aliphatic rings. The number of amides is 2. The van der Waals surface area contributed by atoms with Crippen molar-refractivity contribution in [2.24, 2.45) is 5.10 Å². The predicted octanol–water partition coefficient (Wildman–Crippen LogP) is 2.71. The highest BCUT2D eigenvalue weighted by Crippen LogP contribution is 2.29. The molecule has 7 heteroatoms. The average Bonchev–Trinajstić information content (AvgIpc) is 2.65. The van der Waals surface area contributed by atoms with Gasteiger partial charge in [0, 0.05) is 12.0 Å². The second-order valence-electron chi connectivity index (χ2n) is 5.60. The van der Waals surface area contributed by atoms with E-state index >= 15 is 0 Å². The van der Waals surface area contributed by atoms with Crippen LogP contribution in [0.1, 0.15) is 18.1 Å². The van der Waals surface area contributed by atoms with Crippen LogP contribution in [-0.4, -0.2) is 30.9 Å². The van der Waals surface area contributed by atoms with Gasteiger partial charge < -0.3 is 14.8 Å². The molecule has 1 heterocycles. The number of hydrazone groups is 1. The molecule has 0 saturated carbocycles. The summed E-state index contributed by atoms with van der Waals surface area (Å²) in [6, 6.07) is 15.1. The average molecular weight is 353 g/mol. The van der Waals surface area contributed by atoms with E-state index in [0.717, 1.165) is 11.1 Å². The van der Waals surface area contributed by atoms with Gasteiger partial charge in [0.25, 0.3) is 5.91 Å². The van der Waals surface area contributed by atoms with Crippen molar-refractivity contribution in [1.29, 1.82) is 0 Å². The molecule has 0 atom stereocenters. The first-order chi connectivity index (χ1) is 12.7. The molecule has 0 saturated heterocycles. The lowest BCUT2D eigenvalue weighted by molar-refractivity contribution is -0.118. The molecule has 2 aromatic carbocycles. The number of benzene rings is 2. The van der Waals surface area contributed by atoms with Gasteiger partial charge in [-0.05, 0) is 30.7 Å². The van der Waals surface area contributed by atoms with Crippen LogP contribution < -0.4 is 15.5 Å². The van der Waals surface area contributed by atoms with Gasteiger partial charge in [-0.1, -0.05) is 30.3 Å². The van der Waals surface area contributed by atoms with E-state index in [1.807, 2.05) is 36.4 Å². The summed E-state index contributed by atoms with van der Waals surface area (Å²) in [6.07, 6.45) is -0.117. The zero-order valence-corrected chi connectivity index (χ0v) is 14.3. The Hall–Kier alpha value is -3.35. The van der Waals surface area contributed by atoms with Crippen LogP contribution in [0, 0.1) is 0 Å². The molecule has 2 aromatic rings. The minimum atomic E-state index is -0.618. The Morgan fingerprint density at radius 3 is 2.85 bits per heavy atom. The van der Waals surface area contributed by atoms with Crippen molar-refractivity contribution >= 4 is 23.4 Å². The molecule has 134 valence electrons. The number of anilines is 1. The maximum Gasteiger partial charge on any atom is 0.427 e. The fourth-order valence-corrected chi connectivity index (χ4v) is 2.53. The lowest BCUT2D eigenvalue weighted by atomic mass is 10.0. The van der Waals surface area contributed by atoms with Crippen molar-refractivity contribution in [1.82, 2.24) is 5.43 Å². The molecular formula is C19H19N3O4. The highest BCUT2D eigenvalue weighted by molar-refractivity contribution is 6.04. The van der Waals surface area contributed by atoms with Gasteiger partial charge in [0.2, 0.25) is 0 Å². The summed E-state index contributed by atoms with van der Waals surface area (Å²) in [7, 11) is 0. The smallest absolute Gasteiger partial charge is 0.427 e. The molecule has 7 nitrogen and oxygen atoms in total. The maximum atomic E-state index is 11.6. The molecule has 0 fully saturated rings. The molecule has 0 unspecified atom stereocenters. The van der Waals surface area contributed by atoms with E-state index in [-0.39, 0.29) is 19.1 Å². The lowest BCUT2D eigenvalue weighted by Gasteiger charge is -2.19. The fourth-order valence-electron chi connectivity index (χ4n) is 2.53. The molecule has 2 amide bonds. The number of hydrogen-bond donors (Lipinski definition) is 2. The van der Waals surface area contributed by atoms with Gasteiger partial charge in [-0.3, -0.25) is 4.79 Å². The topological polar surface area (TPSA) is 89.0 Å². The van der Waals surface area contributed by atoms with E-state index < -0.39 is 6.09 Å². The number of nitrogens with zero attached hydrogens (tertiary/aromatic N) is 1. The van der Waals surface area contributed by atoms with Crippen molar-refractivity contribution in [3.63, 3.8) is 0 Å². The summed E-state index contributed by atoms with van der Waals surface area (Å²) in [5, 5.41) is 6.99. The van der Waals surface area contributed by atoms with E-state index in [0.29, 0.717) is 23.6 Å². The Morgan fingerprint density at radius 1 is 1.27 bits per heavy atom. The van der Waals surface area contributed by atoms with Crippen LogP contribution in [0.25, 0.3) is 0 Å². The van der Waals surface area contributed by atoms with E-state index in [9.17, 15) is 9.59 Å². The SMILES string of the molecule is CCOC(=O)N/N=C(\Cc1ccccc1)c1ccc2c(c1)NC(=O)CO2. The molecule has 0 bridgehead atoms. The Kier molecular flexibility index (Phi) is 5.48. The van der Waals surface area contributed by atoms with Gasteiger partial charge in [0.1, 0.15) is 5.75 Å². The number of fused-ring (bicyclic) bond motifs is 1. The van der Waals surface area contributed by atoms with E-state index in [1.54, 1.807) is 19.1 Å². The molecular weight excluding hydrogens is 334 g/mol. The summed E-state index contributed by atoms with van der Waals surface area (Å²) in [5.74, 6) is 0.395. The van der Waals surface area contributed by atoms with Gasteiger partial charge in [-0.2, -0.15) is 5.10 Å². The van der Waals surface area contributed by atoms with Crippen molar-refractivity contribution in [2.45, 2.75) is 13.3 Å². The van der Waals surface area contributed by atoms with Gasteiger partial charge in [0.15, 0.2) is 6.61 Å². The molecule has 26 heavy (non-hydrogen) atoms. The van der Waals surface area contributed by atoms with E-state index in [4.69, 9.17) is 9.47 Å². The zero-order valence-electron chi connectivity index (χ0n) is 14.3. The summed E-state index contributed by atoms with van der Waals surface area (Å²) in [5.41, 5.74) is 5.41. The van der Waals surface area contributed by atoms with Crippen molar-refractivity contribution in [2.75, 3.05) is 18.5 Å². The summed E-state index contributed by atoms with van der Waals surface area (Å²) in [4.78, 5) is 23.1. The minimum absolute atomic E-state index is 0.00171. The normalized spacial score (nSPS) is 13.3. The quantitative estimate of drug-likeness (QED) is 0.639. The number of nitrogens with one attached hydrogen (secondary N) is 2. The number of carbonyl (C=O) groups is 2. The molecule has 2 N–H and O–H groups in total. The minimum Gasteiger partial charge on any atom is -0.482 e. The third-order valence-corrected chi connectivity index (χ3v) is 3.72. The van der Waals surface area contributed by atoms with Crippen molar-refractivity contribution < 1.29 is 19.1 Å². The summed E-state index contributed by atoms with van der Waals surface area (Å²) >= 11 is 0. The molecule has 0 spiro atoms. The van der Waals surface area contributed by atoms with Crippen LogP contribution in [-0.2, 0) is 16.0 Å². The number of rotatable bonds is 5. The van der Waals surface area contributed by atoms with Gasteiger partial charge in [-0.15, -0.1) is 0 Å². The lowest BCUT2D eigenvalue weighted by Crippen LogP contribution is -2.26. The largest absolute Gasteiger partial charge is 0.482 e. The van der Waals surface area contributed by atoms with Gasteiger partial charge in [0.05, 0.1) is 18.0 Å². The first-order valence-electron chi connectivity index (χ1n) is 8.26. The Morgan fingerprint density at radius 2 is 2.08 bits per heavy atom. The third-order valence-electron chi connectivity index (χ3n) is 3.72. The monoisotopic (exact) mass is 353 g/mol. The van der Waals surface area contributed by atoms with Crippen LogP contribution in [0.15, 0.2) is 53.6 Å². The highest BCUT2D eigenvalue weighted by atomic mass is 16.5. The van der Waals surface area contributed by atoms with Crippen molar-refractivity contribution in [3.8, 4) is 5.75 Å². The fraction of sp³-hybridized carbons (Fsp3) is 0.211. The molecule has 0 aromatic heterocycles. The van der Waals surface area contributed by atoms with Crippen LogP contribution in [0.2, 0.25) is 0 Å². The number of carbonyl (C=O) groups excluding carboxylic acids is 2. The Bertz CT molecular complexity index is 834. The summed E-state index contributed by atoms with van der Waals surface area (Å²) < 4.78 is 10.2. The molecule has 0 radical (unpaired) electrons. The second-order valence-corrected chi connectivity index (χ2v) is 5.60. The Labute approximate surface area is 151 Å². The first-order valence-corrected chi connectivity index (χ1v) is 8.26. The highest BCUT2D eigenvalue weighted by Gasteiger charge is 2.17. The van der Waals surface area contributed by atoms with Crippen LogP contribution >= 0.6 is 0 Å². The first kappa shape index (κ1) is 17.5. The number of ether oxygens (including phenoxy) is 2. The zero-order chi connectivity index (χ0) is 18.4. The van der Waals surface area contributed by atoms with Gasteiger partial charge >= 0.3 is 6.09 Å². The van der Waals surface area contributed by atoms with Gasteiger partial charge in [-0.25, -0.2) is 10.2 Å². The molecule has 1 aliphatic heterocycles. The maximum absolute atomic E-state index is 11.6. The van der Waals surface area contributed by atoms with Crippen LogP contribution in [0.3, 0.4) is 0 Å². The molecule has 0 aliphatic carbocycles. The predicted molar refractivity (Wildman–Crippen MR) is 97.4 cm³/mol.